The Kier molecular flexibility index (Phi) is 8.46. The molecule has 1 aliphatic heterocycles. The van der Waals surface area contributed by atoms with E-state index in [-0.39, 0.29) is 11.1 Å². The second kappa shape index (κ2) is 11.1. The second-order valence-corrected chi connectivity index (χ2v) is 9.15. The summed E-state index contributed by atoms with van der Waals surface area (Å²) < 4.78 is 12.5. The molecule has 0 atom stereocenters. The van der Waals surface area contributed by atoms with Crippen LogP contribution in [0.5, 0.6) is 11.5 Å². The quantitative estimate of drug-likeness (QED) is 0.333. The van der Waals surface area contributed by atoms with Crippen LogP contribution in [-0.2, 0) is 11.4 Å². The van der Waals surface area contributed by atoms with Crippen LogP contribution in [0.15, 0.2) is 45.8 Å². The Morgan fingerprint density at radius 3 is 2.55 bits per heavy atom. The first-order chi connectivity index (χ1) is 14.9. The van der Waals surface area contributed by atoms with Gasteiger partial charge in [-0.3, -0.25) is 14.5 Å². The Labute approximate surface area is 199 Å². The number of rotatable bonds is 9. The summed E-state index contributed by atoms with van der Waals surface area (Å²) in [5.74, 6) is 0.882. The molecule has 0 bridgehead atoms. The molecule has 2 aromatic rings. The molecule has 8 heteroatoms. The van der Waals surface area contributed by atoms with Gasteiger partial charge in [0.25, 0.3) is 11.1 Å². The standard InChI is InChI=1S/C23H23BrClNO4S/c1-3-5-10-26-22(27)20(31-23(26)28)13-16-11-18(24)21(19(12-16)29-4-2)30-14-15-6-8-17(25)9-7-15/h6-9,11-13H,3-5,10,14H2,1-2H3/b20-13-. The summed E-state index contributed by atoms with van der Waals surface area (Å²) in [5, 5.41) is 0.445. The number of benzene rings is 2. The van der Waals surface area contributed by atoms with Crippen LogP contribution >= 0.6 is 39.3 Å². The first-order valence-corrected chi connectivity index (χ1v) is 12.0. The number of halogens is 2. The molecule has 164 valence electrons. The van der Waals surface area contributed by atoms with Crippen molar-refractivity contribution in [3.8, 4) is 11.5 Å². The third-order valence-corrected chi connectivity index (χ3v) is 6.28. The summed E-state index contributed by atoms with van der Waals surface area (Å²) in [5.41, 5.74) is 1.72. The van der Waals surface area contributed by atoms with E-state index in [1.54, 1.807) is 6.08 Å². The molecule has 2 aromatic carbocycles. The normalized spacial score (nSPS) is 15.1. The van der Waals surface area contributed by atoms with E-state index < -0.39 is 0 Å². The van der Waals surface area contributed by atoms with Gasteiger partial charge in [-0.2, -0.15) is 0 Å². The zero-order valence-corrected chi connectivity index (χ0v) is 20.5. The highest BCUT2D eigenvalue weighted by Crippen LogP contribution is 2.39. The van der Waals surface area contributed by atoms with Crippen LogP contribution in [0.2, 0.25) is 5.02 Å². The largest absolute Gasteiger partial charge is 0.490 e. The van der Waals surface area contributed by atoms with Crippen molar-refractivity contribution in [2.24, 2.45) is 0 Å². The molecule has 0 aliphatic carbocycles. The fourth-order valence-corrected chi connectivity index (χ4v) is 4.54. The number of amides is 2. The molecule has 3 rings (SSSR count). The maximum absolute atomic E-state index is 12.6. The molecule has 1 heterocycles. The Hall–Kier alpha value is -1.96. The first-order valence-electron chi connectivity index (χ1n) is 10.0. The third-order valence-electron chi connectivity index (χ3n) is 4.53. The summed E-state index contributed by atoms with van der Waals surface area (Å²) in [6, 6.07) is 11.1. The number of carbonyl (C=O) groups excluding carboxylic acids is 2. The van der Waals surface area contributed by atoms with Crippen molar-refractivity contribution >= 4 is 56.5 Å². The van der Waals surface area contributed by atoms with Crippen LogP contribution in [0.3, 0.4) is 0 Å². The number of thioether (sulfide) groups is 1. The second-order valence-electron chi connectivity index (χ2n) is 6.87. The summed E-state index contributed by atoms with van der Waals surface area (Å²) in [6.07, 6.45) is 3.43. The van der Waals surface area contributed by atoms with Gasteiger partial charge < -0.3 is 9.47 Å². The lowest BCUT2D eigenvalue weighted by atomic mass is 10.1. The molecule has 0 aromatic heterocycles. The number of hydrogen-bond donors (Lipinski definition) is 0. The van der Waals surface area contributed by atoms with E-state index in [2.05, 4.69) is 15.9 Å². The van der Waals surface area contributed by atoms with E-state index in [0.29, 0.717) is 45.7 Å². The van der Waals surface area contributed by atoms with Crippen LogP contribution in [-0.4, -0.2) is 29.2 Å². The SMILES string of the molecule is CCCCN1C(=O)S/C(=C\c2cc(Br)c(OCc3ccc(Cl)cc3)c(OCC)c2)C1=O. The van der Waals surface area contributed by atoms with E-state index in [1.165, 1.54) is 4.90 Å². The molecule has 0 N–H and O–H groups in total. The topological polar surface area (TPSA) is 55.8 Å². The van der Waals surface area contributed by atoms with E-state index in [4.69, 9.17) is 21.1 Å². The predicted octanol–water partition coefficient (Wildman–Crippen LogP) is 6.92. The van der Waals surface area contributed by atoms with Crippen molar-refractivity contribution < 1.29 is 19.1 Å². The molecular weight excluding hydrogens is 502 g/mol. The third kappa shape index (κ3) is 6.05. The molecule has 31 heavy (non-hydrogen) atoms. The monoisotopic (exact) mass is 523 g/mol. The van der Waals surface area contributed by atoms with Crippen LogP contribution in [0.1, 0.15) is 37.8 Å². The van der Waals surface area contributed by atoms with Gasteiger partial charge in [0.1, 0.15) is 6.61 Å². The molecule has 0 unspecified atom stereocenters. The number of hydrogen-bond acceptors (Lipinski definition) is 5. The van der Waals surface area contributed by atoms with Crippen molar-refractivity contribution in [3.63, 3.8) is 0 Å². The van der Waals surface area contributed by atoms with Gasteiger partial charge in [0.15, 0.2) is 11.5 Å². The van der Waals surface area contributed by atoms with E-state index >= 15 is 0 Å². The number of nitrogens with zero attached hydrogens (tertiary/aromatic N) is 1. The van der Waals surface area contributed by atoms with Gasteiger partial charge >= 0.3 is 0 Å². The molecule has 0 saturated carbocycles. The minimum Gasteiger partial charge on any atom is -0.490 e. The van der Waals surface area contributed by atoms with Gasteiger partial charge in [-0.25, -0.2) is 0 Å². The van der Waals surface area contributed by atoms with Crippen LogP contribution in [0.4, 0.5) is 4.79 Å². The van der Waals surface area contributed by atoms with E-state index in [1.807, 2.05) is 50.2 Å². The summed E-state index contributed by atoms with van der Waals surface area (Å²) in [4.78, 5) is 26.5. The van der Waals surface area contributed by atoms with Crippen LogP contribution < -0.4 is 9.47 Å². The Bertz CT molecular complexity index is 994. The first kappa shape index (κ1) is 23.7. The number of unbranched alkanes of at least 4 members (excludes halogenated alkanes) is 1. The van der Waals surface area contributed by atoms with Gasteiger partial charge in [0.05, 0.1) is 16.0 Å². The highest BCUT2D eigenvalue weighted by molar-refractivity contribution is 9.10. The average Bonchev–Trinajstić information content (AvgIpc) is 3.00. The molecule has 1 aliphatic rings. The van der Waals surface area contributed by atoms with Gasteiger partial charge in [0, 0.05) is 11.6 Å². The van der Waals surface area contributed by atoms with E-state index in [0.717, 1.165) is 35.7 Å². The van der Waals surface area contributed by atoms with Crippen molar-refractivity contribution in [3.05, 3.63) is 61.9 Å². The maximum atomic E-state index is 12.6. The fraction of sp³-hybridized carbons (Fsp3) is 0.304. The average molecular weight is 525 g/mol. The number of imide groups is 1. The zero-order valence-electron chi connectivity index (χ0n) is 17.3. The van der Waals surface area contributed by atoms with Gasteiger partial charge in [-0.05, 0) is 82.5 Å². The minimum absolute atomic E-state index is 0.225. The lowest BCUT2D eigenvalue weighted by Gasteiger charge is -2.15. The Morgan fingerprint density at radius 2 is 1.87 bits per heavy atom. The Balaban J connectivity index is 1.82. The predicted molar refractivity (Wildman–Crippen MR) is 129 cm³/mol. The molecule has 1 fully saturated rings. The number of carbonyl (C=O) groups is 2. The van der Waals surface area contributed by atoms with Crippen LogP contribution in [0.25, 0.3) is 6.08 Å². The molecular formula is C23H23BrClNO4S. The Morgan fingerprint density at radius 1 is 1.13 bits per heavy atom. The van der Waals surface area contributed by atoms with Gasteiger partial charge in [-0.1, -0.05) is 37.1 Å². The maximum Gasteiger partial charge on any atom is 0.293 e. The fourth-order valence-electron chi connectivity index (χ4n) is 2.97. The lowest BCUT2D eigenvalue weighted by molar-refractivity contribution is -0.122. The molecule has 0 radical (unpaired) electrons. The van der Waals surface area contributed by atoms with E-state index in [9.17, 15) is 9.59 Å². The summed E-state index contributed by atoms with van der Waals surface area (Å²) >= 11 is 10.5. The molecule has 2 amide bonds. The van der Waals surface area contributed by atoms with Gasteiger partial charge in [0.2, 0.25) is 0 Å². The highest BCUT2D eigenvalue weighted by atomic mass is 79.9. The van der Waals surface area contributed by atoms with Crippen molar-refractivity contribution in [1.82, 2.24) is 4.90 Å². The summed E-state index contributed by atoms with van der Waals surface area (Å²) in [7, 11) is 0. The highest BCUT2D eigenvalue weighted by Gasteiger charge is 2.34. The van der Waals surface area contributed by atoms with Crippen molar-refractivity contribution in [2.75, 3.05) is 13.2 Å². The lowest BCUT2D eigenvalue weighted by Crippen LogP contribution is -2.29. The number of ether oxygens (including phenoxy) is 2. The zero-order chi connectivity index (χ0) is 22.4. The smallest absolute Gasteiger partial charge is 0.293 e. The molecule has 1 saturated heterocycles. The summed E-state index contributed by atoms with van der Waals surface area (Å²) in [6.45, 7) is 5.18. The van der Waals surface area contributed by atoms with Crippen molar-refractivity contribution in [2.45, 2.75) is 33.3 Å². The van der Waals surface area contributed by atoms with Crippen LogP contribution in [0, 0.1) is 0 Å². The molecule has 0 spiro atoms. The van der Waals surface area contributed by atoms with Gasteiger partial charge in [-0.15, -0.1) is 0 Å². The van der Waals surface area contributed by atoms with Crippen molar-refractivity contribution in [1.29, 1.82) is 0 Å². The minimum atomic E-state index is -0.249. The molecule has 5 nitrogen and oxygen atoms in total.